The highest BCUT2D eigenvalue weighted by atomic mass is 32.2. The second-order valence-corrected chi connectivity index (χ2v) is 8.03. The van der Waals surface area contributed by atoms with E-state index in [4.69, 9.17) is 18.0 Å². The van der Waals surface area contributed by atoms with Crippen LogP contribution in [0.2, 0.25) is 0 Å². The molecule has 0 spiro atoms. The van der Waals surface area contributed by atoms with E-state index in [1.807, 2.05) is 0 Å². The van der Waals surface area contributed by atoms with Gasteiger partial charge in [0.25, 0.3) is 0 Å². The quantitative estimate of drug-likeness (QED) is 0.815. The third-order valence-electron chi connectivity index (χ3n) is 3.90. The summed E-state index contributed by atoms with van der Waals surface area (Å²) >= 11 is 4.93. The maximum atomic E-state index is 12.5. The van der Waals surface area contributed by atoms with Crippen LogP contribution in [0.4, 0.5) is 0 Å². The van der Waals surface area contributed by atoms with Crippen molar-refractivity contribution in [2.45, 2.75) is 31.9 Å². The average Bonchev–Trinajstić information content (AvgIpc) is 2.88. The van der Waals surface area contributed by atoms with Crippen LogP contribution in [-0.2, 0) is 15.8 Å². The molecule has 2 N–H and O–H groups in total. The van der Waals surface area contributed by atoms with Crippen molar-refractivity contribution in [3.8, 4) is 0 Å². The zero-order valence-corrected chi connectivity index (χ0v) is 13.9. The van der Waals surface area contributed by atoms with Crippen LogP contribution in [0.25, 0.3) is 0 Å². The maximum absolute atomic E-state index is 12.5. The van der Waals surface area contributed by atoms with Gasteiger partial charge in [0.05, 0.1) is 5.75 Å². The summed E-state index contributed by atoms with van der Waals surface area (Å²) in [4.78, 5) is 0.290. The number of nitrogens with zero attached hydrogens (tertiary/aromatic N) is 1. The maximum Gasteiger partial charge on any atom is 0.218 e. The minimum atomic E-state index is -3.26. The third-order valence-corrected chi connectivity index (χ3v) is 5.95. The molecule has 1 aromatic rings. The van der Waals surface area contributed by atoms with Gasteiger partial charge in [-0.3, -0.25) is 0 Å². The van der Waals surface area contributed by atoms with E-state index in [-0.39, 0.29) is 5.75 Å². The van der Waals surface area contributed by atoms with E-state index >= 15 is 0 Å². The highest BCUT2D eigenvalue weighted by molar-refractivity contribution is 7.88. The fourth-order valence-electron chi connectivity index (χ4n) is 2.81. The first kappa shape index (κ1) is 16.4. The molecular formula is C15H22N2O2S2. The van der Waals surface area contributed by atoms with Crippen LogP contribution in [-0.4, -0.2) is 30.8 Å². The van der Waals surface area contributed by atoms with E-state index in [2.05, 4.69) is 6.92 Å². The minimum absolute atomic E-state index is 0.0162. The Morgan fingerprint density at radius 2 is 2.24 bits per heavy atom. The lowest BCUT2D eigenvalue weighted by atomic mass is 10.0. The Morgan fingerprint density at radius 1 is 1.48 bits per heavy atom. The molecule has 0 amide bonds. The van der Waals surface area contributed by atoms with Gasteiger partial charge in [0.1, 0.15) is 4.99 Å². The first-order valence-electron chi connectivity index (χ1n) is 7.29. The van der Waals surface area contributed by atoms with E-state index in [9.17, 15) is 8.42 Å². The van der Waals surface area contributed by atoms with Gasteiger partial charge in [-0.2, -0.15) is 0 Å². The number of nitrogens with two attached hydrogens (primary N) is 1. The van der Waals surface area contributed by atoms with Gasteiger partial charge in [-0.25, -0.2) is 12.7 Å². The summed E-state index contributed by atoms with van der Waals surface area (Å²) in [6.45, 7) is 3.44. The lowest BCUT2D eigenvalue weighted by molar-refractivity contribution is 0.444. The molecule has 0 aromatic heterocycles. The molecule has 1 fully saturated rings. The van der Waals surface area contributed by atoms with E-state index in [1.165, 1.54) is 0 Å². The Labute approximate surface area is 132 Å². The molecule has 6 heteroatoms. The van der Waals surface area contributed by atoms with Gasteiger partial charge in [0.15, 0.2) is 0 Å². The molecule has 0 aliphatic carbocycles. The topological polar surface area (TPSA) is 63.4 Å². The van der Waals surface area contributed by atoms with Crippen molar-refractivity contribution in [2.24, 2.45) is 11.7 Å². The first-order chi connectivity index (χ1) is 9.92. The van der Waals surface area contributed by atoms with Crippen molar-refractivity contribution in [3.63, 3.8) is 0 Å². The Kier molecular flexibility index (Phi) is 5.35. The monoisotopic (exact) mass is 326 g/mol. The lowest BCUT2D eigenvalue weighted by Gasteiger charge is -2.17. The first-order valence-corrected chi connectivity index (χ1v) is 9.30. The number of rotatable bonds is 6. The van der Waals surface area contributed by atoms with Crippen molar-refractivity contribution < 1.29 is 8.42 Å². The average molecular weight is 326 g/mol. The summed E-state index contributed by atoms with van der Waals surface area (Å²) in [6, 6.07) is 7.16. The van der Waals surface area contributed by atoms with Crippen molar-refractivity contribution in [2.75, 3.05) is 13.1 Å². The summed E-state index contributed by atoms with van der Waals surface area (Å²) in [6.07, 6.45) is 3.18. The lowest BCUT2D eigenvalue weighted by Crippen LogP contribution is -2.30. The predicted octanol–water partition coefficient (Wildman–Crippen LogP) is 2.27. The number of thiocarbonyl (C=S) groups is 1. The molecule has 116 valence electrons. The summed E-state index contributed by atoms with van der Waals surface area (Å²) in [7, 11) is -3.26. The number of hydrogen-bond acceptors (Lipinski definition) is 3. The van der Waals surface area contributed by atoms with E-state index in [1.54, 1.807) is 28.6 Å². The standard InChI is InChI=1S/C15H22N2O2S2/c1-2-4-12-7-8-17(10-12)21(18,19)11-13-5-3-6-14(9-13)15(16)20/h3,5-6,9,12H,2,4,7-8,10-11H2,1H3,(H2,16,20). The SMILES string of the molecule is CCCC1CCN(S(=O)(=O)Cc2cccc(C(N)=S)c2)C1. The zero-order valence-electron chi connectivity index (χ0n) is 12.3. The number of hydrogen-bond donors (Lipinski definition) is 1. The Morgan fingerprint density at radius 3 is 2.90 bits per heavy atom. The molecule has 0 bridgehead atoms. The van der Waals surface area contributed by atoms with Crippen LogP contribution in [0, 0.1) is 5.92 Å². The van der Waals surface area contributed by atoms with E-state index < -0.39 is 10.0 Å². The van der Waals surface area contributed by atoms with Crippen LogP contribution >= 0.6 is 12.2 Å². The van der Waals surface area contributed by atoms with Crippen LogP contribution < -0.4 is 5.73 Å². The van der Waals surface area contributed by atoms with Gasteiger partial charge >= 0.3 is 0 Å². The van der Waals surface area contributed by atoms with Crippen molar-refractivity contribution in [1.29, 1.82) is 0 Å². The van der Waals surface area contributed by atoms with E-state index in [0.717, 1.165) is 24.8 Å². The summed E-state index contributed by atoms with van der Waals surface area (Å²) in [5, 5.41) is 0. The largest absolute Gasteiger partial charge is 0.389 e. The fourth-order valence-corrected chi connectivity index (χ4v) is 4.54. The van der Waals surface area contributed by atoms with Crippen molar-refractivity contribution in [3.05, 3.63) is 35.4 Å². The van der Waals surface area contributed by atoms with Crippen LogP contribution in [0.5, 0.6) is 0 Å². The smallest absolute Gasteiger partial charge is 0.218 e. The molecule has 4 nitrogen and oxygen atoms in total. The molecule has 1 unspecified atom stereocenters. The normalized spacial score (nSPS) is 19.8. The molecule has 1 saturated heterocycles. The molecule has 21 heavy (non-hydrogen) atoms. The molecule has 1 aromatic carbocycles. The van der Waals surface area contributed by atoms with Crippen molar-refractivity contribution in [1.82, 2.24) is 4.31 Å². The Bertz CT molecular complexity index is 614. The molecule has 1 atom stereocenters. The molecule has 0 saturated carbocycles. The summed E-state index contributed by atoms with van der Waals surface area (Å²) < 4.78 is 26.6. The number of benzene rings is 1. The van der Waals surface area contributed by atoms with Gasteiger partial charge in [-0.15, -0.1) is 0 Å². The Hall–Kier alpha value is -0.980. The minimum Gasteiger partial charge on any atom is -0.389 e. The van der Waals surface area contributed by atoms with Crippen LogP contribution in [0.15, 0.2) is 24.3 Å². The second kappa shape index (κ2) is 6.85. The molecule has 1 heterocycles. The highest BCUT2D eigenvalue weighted by Crippen LogP contribution is 2.25. The fraction of sp³-hybridized carbons (Fsp3) is 0.533. The van der Waals surface area contributed by atoms with Gasteiger partial charge in [0, 0.05) is 18.7 Å². The van der Waals surface area contributed by atoms with Gasteiger partial charge in [-0.1, -0.05) is 43.8 Å². The molecule has 1 aliphatic heterocycles. The molecular weight excluding hydrogens is 304 g/mol. The van der Waals surface area contributed by atoms with Crippen molar-refractivity contribution >= 4 is 27.2 Å². The highest BCUT2D eigenvalue weighted by Gasteiger charge is 2.30. The van der Waals surface area contributed by atoms with Gasteiger partial charge in [0.2, 0.25) is 10.0 Å². The summed E-state index contributed by atoms with van der Waals surface area (Å²) in [5.41, 5.74) is 7.04. The summed E-state index contributed by atoms with van der Waals surface area (Å²) in [5.74, 6) is 0.523. The zero-order chi connectivity index (χ0) is 15.5. The third kappa shape index (κ3) is 4.25. The van der Waals surface area contributed by atoms with E-state index in [0.29, 0.717) is 29.6 Å². The molecule has 1 aliphatic rings. The second-order valence-electron chi connectivity index (χ2n) is 5.62. The predicted molar refractivity (Wildman–Crippen MR) is 89.5 cm³/mol. The van der Waals surface area contributed by atoms with Gasteiger partial charge in [-0.05, 0) is 30.4 Å². The van der Waals surface area contributed by atoms with Crippen LogP contribution in [0.1, 0.15) is 37.3 Å². The number of sulfonamides is 1. The molecule has 2 rings (SSSR count). The van der Waals surface area contributed by atoms with Crippen LogP contribution in [0.3, 0.4) is 0 Å². The molecule has 0 radical (unpaired) electrons. The van der Waals surface area contributed by atoms with Gasteiger partial charge < -0.3 is 5.73 Å². The Balaban J connectivity index is 2.08.